The molecular weight excluding hydrogens is 282 g/mol. The molecule has 0 saturated heterocycles. The van der Waals surface area contributed by atoms with Crippen LogP contribution in [0.5, 0.6) is 0 Å². The second-order valence-electron chi connectivity index (χ2n) is 4.34. The fourth-order valence-corrected chi connectivity index (χ4v) is 2.46. The van der Waals surface area contributed by atoms with E-state index in [1.165, 1.54) is 14.2 Å². The second kappa shape index (κ2) is 6.67. The number of aryl methyl sites for hydroxylation is 2. The van der Waals surface area contributed by atoms with Gasteiger partial charge in [0.2, 0.25) is 0 Å². The van der Waals surface area contributed by atoms with Crippen LogP contribution in [0.3, 0.4) is 0 Å². The van der Waals surface area contributed by atoms with E-state index in [1.54, 1.807) is 19.1 Å². The number of hydrogen-bond acceptors (Lipinski definition) is 5. The van der Waals surface area contributed by atoms with Crippen molar-refractivity contribution in [3.05, 3.63) is 23.5 Å². The highest BCUT2D eigenvalue weighted by Crippen LogP contribution is 2.15. The van der Waals surface area contributed by atoms with E-state index in [2.05, 4.69) is 14.4 Å². The zero-order valence-electron chi connectivity index (χ0n) is 12.0. The van der Waals surface area contributed by atoms with E-state index in [1.807, 2.05) is 6.92 Å². The highest BCUT2D eigenvalue weighted by Gasteiger charge is 2.19. The van der Waals surface area contributed by atoms with Crippen molar-refractivity contribution in [2.45, 2.75) is 20.3 Å². The molecule has 0 aliphatic rings. The molecule has 112 valence electrons. The lowest BCUT2D eigenvalue weighted by molar-refractivity contribution is -0.140. The maximum absolute atomic E-state index is 12.1. The molecule has 1 aromatic rings. The number of rotatable bonds is 6. The van der Waals surface area contributed by atoms with Gasteiger partial charge in [0.25, 0.3) is 0 Å². The van der Waals surface area contributed by atoms with Crippen LogP contribution in [0.15, 0.2) is 12.1 Å². The number of pyridine rings is 1. The summed E-state index contributed by atoms with van der Waals surface area (Å²) in [6, 6.07) is 3.38. The van der Waals surface area contributed by atoms with Gasteiger partial charge in [-0.1, -0.05) is 0 Å². The number of esters is 1. The Bertz CT molecular complexity index is 586. The largest absolute Gasteiger partial charge is 0.469 e. The molecule has 0 atom stereocenters. The topological polar surface area (TPSA) is 88.6 Å². The van der Waals surface area contributed by atoms with E-state index in [-0.39, 0.29) is 13.0 Å². The summed E-state index contributed by atoms with van der Waals surface area (Å²) in [6.07, 6.45) is -0.000952. The van der Waals surface area contributed by atoms with Gasteiger partial charge >= 0.3 is 16.2 Å². The van der Waals surface area contributed by atoms with Crippen LogP contribution in [0.4, 0.5) is 5.69 Å². The standard InChI is InChI=1S/C12H19N3O4S/c1-9-5-6-11(10(2)13-9)14-20(17,18)15(3)8-7-12(16)19-4/h5-6,14H,7-8H2,1-4H3. The highest BCUT2D eigenvalue weighted by molar-refractivity contribution is 7.90. The van der Waals surface area contributed by atoms with Gasteiger partial charge in [-0.25, -0.2) is 0 Å². The molecule has 0 aromatic carbocycles. The summed E-state index contributed by atoms with van der Waals surface area (Å²) in [5, 5.41) is 0. The minimum Gasteiger partial charge on any atom is -0.469 e. The van der Waals surface area contributed by atoms with Gasteiger partial charge in [-0.2, -0.15) is 12.7 Å². The van der Waals surface area contributed by atoms with Gasteiger partial charge in [-0.05, 0) is 26.0 Å². The van der Waals surface area contributed by atoms with E-state index in [0.717, 1.165) is 10.00 Å². The van der Waals surface area contributed by atoms with Crippen molar-refractivity contribution in [1.82, 2.24) is 9.29 Å². The molecule has 1 N–H and O–H groups in total. The average molecular weight is 301 g/mol. The second-order valence-corrected chi connectivity index (χ2v) is 6.12. The average Bonchev–Trinajstić information content (AvgIpc) is 2.38. The first-order valence-electron chi connectivity index (χ1n) is 6.01. The zero-order valence-corrected chi connectivity index (χ0v) is 12.8. The Morgan fingerprint density at radius 1 is 1.40 bits per heavy atom. The summed E-state index contributed by atoms with van der Waals surface area (Å²) in [5.41, 5.74) is 1.82. The Balaban J connectivity index is 2.76. The van der Waals surface area contributed by atoms with Crippen LogP contribution in [0.2, 0.25) is 0 Å². The molecule has 0 radical (unpaired) electrons. The normalized spacial score (nSPS) is 11.4. The quantitative estimate of drug-likeness (QED) is 0.787. The van der Waals surface area contributed by atoms with Crippen molar-refractivity contribution >= 4 is 21.9 Å². The Morgan fingerprint density at radius 3 is 2.60 bits per heavy atom. The van der Waals surface area contributed by atoms with Gasteiger partial charge in [0, 0.05) is 19.3 Å². The number of methoxy groups -OCH3 is 1. The molecule has 20 heavy (non-hydrogen) atoms. The fourth-order valence-electron chi connectivity index (χ4n) is 1.48. The van der Waals surface area contributed by atoms with Crippen LogP contribution in [-0.2, 0) is 19.7 Å². The van der Waals surface area contributed by atoms with Crippen molar-refractivity contribution in [1.29, 1.82) is 0 Å². The molecule has 0 saturated carbocycles. The number of anilines is 1. The molecule has 0 spiro atoms. The van der Waals surface area contributed by atoms with E-state index in [4.69, 9.17) is 0 Å². The summed E-state index contributed by atoms with van der Waals surface area (Å²) in [7, 11) is -1.07. The fraction of sp³-hybridized carbons (Fsp3) is 0.500. The third-order valence-corrected chi connectivity index (χ3v) is 4.21. The highest BCUT2D eigenvalue weighted by atomic mass is 32.2. The van der Waals surface area contributed by atoms with Crippen molar-refractivity contribution in [3.63, 3.8) is 0 Å². The van der Waals surface area contributed by atoms with E-state index in [9.17, 15) is 13.2 Å². The van der Waals surface area contributed by atoms with Crippen molar-refractivity contribution < 1.29 is 17.9 Å². The van der Waals surface area contributed by atoms with Crippen LogP contribution in [0.25, 0.3) is 0 Å². The molecule has 0 unspecified atom stereocenters. The number of nitrogens with zero attached hydrogens (tertiary/aromatic N) is 2. The first-order valence-corrected chi connectivity index (χ1v) is 7.45. The summed E-state index contributed by atoms with van der Waals surface area (Å²) < 4.78 is 32.1. The Labute approximate surface area is 119 Å². The molecule has 0 fully saturated rings. The van der Waals surface area contributed by atoms with Gasteiger partial charge in [0.05, 0.1) is 24.9 Å². The molecule has 0 bridgehead atoms. The lowest BCUT2D eigenvalue weighted by atomic mass is 10.3. The summed E-state index contributed by atoms with van der Waals surface area (Å²) >= 11 is 0. The predicted octanol–water partition coefficient (Wildman–Crippen LogP) is 0.850. The number of carbonyl (C=O) groups is 1. The molecule has 0 aliphatic heterocycles. The Kier molecular flexibility index (Phi) is 5.46. The van der Waals surface area contributed by atoms with E-state index >= 15 is 0 Å². The Morgan fingerprint density at radius 2 is 2.05 bits per heavy atom. The van der Waals surface area contributed by atoms with Gasteiger partial charge in [-0.3, -0.25) is 14.5 Å². The number of ether oxygens (including phenoxy) is 1. The number of aromatic nitrogens is 1. The lowest BCUT2D eigenvalue weighted by Crippen LogP contribution is -2.34. The van der Waals surface area contributed by atoms with E-state index in [0.29, 0.717) is 11.4 Å². The molecule has 1 heterocycles. The minimum atomic E-state index is -3.72. The van der Waals surface area contributed by atoms with Crippen molar-refractivity contribution in [3.8, 4) is 0 Å². The van der Waals surface area contributed by atoms with Crippen molar-refractivity contribution in [2.75, 3.05) is 25.4 Å². The summed E-state index contributed by atoms with van der Waals surface area (Å²) in [6.45, 7) is 3.59. The molecular formula is C12H19N3O4S. The van der Waals surface area contributed by atoms with Crippen LogP contribution in [-0.4, -0.2) is 44.4 Å². The van der Waals surface area contributed by atoms with Gasteiger partial charge in [0.1, 0.15) is 0 Å². The smallest absolute Gasteiger partial charge is 0.306 e. The molecule has 0 aliphatic carbocycles. The first-order chi connectivity index (χ1) is 9.26. The van der Waals surface area contributed by atoms with E-state index < -0.39 is 16.2 Å². The van der Waals surface area contributed by atoms with Gasteiger partial charge < -0.3 is 4.74 Å². The maximum atomic E-state index is 12.1. The number of hydrogen-bond donors (Lipinski definition) is 1. The van der Waals surface area contributed by atoms with Crippen LogP contribution < -0.4 is 4.72 Å². The molecule has 1 aromatic heterocycles. The SMILES string of the molecule is COC(=O)CCN(C)S(=O)(=O)Nc1ccc(C)nc1C. The van der Waals surface area contributed by atoms with Crippen LogP contribution >= 0.6 is 0 Å². The summed E-state index contributed by atoms with van der Waals surface area (Å²) in [5.74, 6) is -0.458. The zero-order chi connectivity index (χ0) is 15.3. The maximum Gasteiger partial charge on any atom is 0.306 e. The Hall–Kier alpha value is -1.67. The van der Waals surface area contributed by atoms with Crippen LogP contribution in [0.1, 0.15) is 17.8 Å². The van der Waals surface area contributed by atoms with Crippen LogP contribution in [0, 0.1) is 13.8 Å². The van der Waals surface area contributed by atoms with Gasteiger partial charge in [-0.15, -0.1) is 0 Å². The molecule has 7 nitrogen and oxygen atoms in total. The third-order valence-electron chi connectivity index (χ3n) is 2.73. The first kappa shape index (κ1) is 16.4. The molecule has 0 amide bonds. The number of carbonyl (C=O) groups excluding carboxylic acids is 1. The molecule has 8 heteroatoms. The minimum absolute atomic E-state index is 0.000952. The number of nitrogens with one attached hydrogen (secondary N) is 1. The third kappa shape index (κ3) is 4.46. The lowest BCUT2D eigenvalue weighted by Gasteiger charge is -2.18. The summed E-state index contributed by atoms with van der Waals surface area (Å²) in [4.78, 5) is 15.2. The van der Waals surface area contributed by atoms with Gasteiger partial charge in [0.15, 0.2) is 0 Å². The molecule has 1 rings (SSSR count). The predicted molar refractivity (Wildman–Crippen MR) is 75.5 cm³/mol. The van der Waals surface area contributed by atoms with Crippen molar-refractivity contribution in [2.24, 2.45) is 0 Å². The monoisotopic (exact) mass is 301 g/mol.